The Balaban J connectivity index is 2.18. The van der Waals surface area contributed by atoms with E-state index in [0.717, 1.165) is 12.0 Å². The molecule has 1 saturated carbocycles. The Morgan fingerprint density at radius 1 is 1.12 bits per heavy atom. The van der Waals surface area contributed by atoms with Crippen LogP contribution in [0.5, 0.6) is 0 Å². The Morgan fingerprint density at radius 3 is 2.69 bits per heavy atom. The van der Waals surface area contributed by atoms with Gasteiger partial charge in [-0.3, -0.25) is 0 Å². The summed E-state index contributed by atoms with van der Waals surface area (Å²) in [5.74, 6) is 0.941. The van der Waals surface area contributed by atoms with Gasteiger partial charge in [-0.2, -0.15) is 0 Å². The molecule has 0 aromatic heterocycles. The summed E-state index contributed by atoms with van der Waals surface area (Å²) in [5.41, 5.74) is 0. The normalized spacial score (nSPS) is 26.3. The molecule has 1 nitrogen and oxygen atoms in total. The van der Waals surface area contributed by atoms with Crippen LogP contribution in [-0.4, -0.2) is 13.1 Å². The van der Waals surface area contributed by atoms with Crippen molar-refractivity contribution in [3.63, 3.8) is 0 Å². The van der Waals surface area contributed by atoms with E-state index in [2.05, 4.69) is 18.9 Å². The molecule has 0 aromatic rings. The Hall–Kier alpha value is -0.300. The first-order valence-corrected chi connectivity index (χ1v) is 7.16. The zero-order valence-electron chi connectivity index (χ0n) is 11.0. The highest BCUT2D eigenvalue weighted by Gasteiger charge is 2.21. The lowest BCUT2D eigenvalue weighted by Gasteiger charge is -2.24. The van der Waals surface area contributed by atoms with E-state index in [1.807, 2.05) is 6.08 Å². The van der Waals surface area contributed by atoms with Crippen molar-refractivity contribution in [1.82, 2.24) is 5.32 Å². The van der Waals surface area contributed by atoms with Gasteiger partial charge in [0.15, 0.2) is 0 Å². The minimum Gasteiger partial charge on any atom is -0.317 e. The zero-order chi connectivity index (χ0) is 11.6. The van der Waals surface area contributed by atoms with Crippen LogP contribution in [-0.2, 0) is 0 Å². The molecule has 94 valence electrons. The summed E-state index contributed by atoms with van der Waals surface area (Å²) < 4.78 is 0. The molecule has 1 aliphatic rings. The summed E-state index contributed by atoms with van der Waals surface area (Å²) in [4.78, 5) is 0. The molecular formula is C15H29N. The van der Waals surface area contributed by atoms with E-state index in [-0.39, 0.29) is 0 Å². The highest BCUT2D eigenvalue weighted by Crippen LogP contribution is 2.27. The van der Waals surface area contributed by atoms with Gasteiger partial charge in [-0.1, -0.05) is 38.2 Å². The summed E-state index contributed by atoms with van der Waals surface area (Å²) >= 11 is 0. The lowest BCUT2D eigenvalue weighted by Crippen LogP contribution is -2.32. The van der Waals surface area contributed by atoms with Crippen molar-refractivity contribution >= 4 is 0 Å². The molecule has 0 radical (unpaired) electrons. The lowest BCUT2D eigenvalue weighted by atomic mass is 9.89. The van der Waals surface area contributed by atoms with Crippen molar-refractivity contribution in [3.8, 4) is 0 Å². The van der Waals surface area contributed by atoms with Gasteiger partial charge in [-0.25, -0.2) is 0 Å². The van der Waals surface area contributed by atoms with E-state index in [4.69, 9.17) is 0 Å². The summed E-state index contributed by atoms with van der Waals surface area (Å²) in [6.45, 7) is 3.78. The molecule has 0 saturated heterocycles. The lowest BCUT2D eigenvalue weighted by molar-refractivity contribution is 0.322. The first kappa shape index (κ1) is 13.8. The van der Waals surface area contributed by atoms with E-state index in [1.165, 1.54) is 64.2 Å². The van der Waals surface area contributed by atoms with E-state index in [1.54, 1.807) is 0 Å². The minimum absolute atomic E-state index is 0.793. The highest BCUT2D eigenvalue weighted by molar-refractivity contribution is 4.78. The summed E-state index contributed by atoms with van der Waals surface area (Å²) in [6.07, 6.45) is 16.0. The molecule has 0 aromatic carbocycles. The predicted molar refractivity (Wildman–Crippen MR) is 72.7 cm³/mol. The number of unbranched alkanes of at least 4 members (excludes halogenated alkanes) is 3. The van der Waals surface area contributed by atoms with Crippen molar-refractivity contribution < 1.29 is 0 Å². The zero-order valence-corrected chi connectivity index (χ0v) is 11.0. The van der Waals surface area contributed by atoms with Gasteiger partial charge in [0.2, 0.25) is 0 Å². The second kappa shape index (κ2) is 8.81. The van der Waals surface area contributed by atoms with Gasteiger partial charge >= 0.3 is 0 Å². The molecule has 2 unspecified atom stereocenters. The monoisotopic (exact) mass is 223 g/mol. The van der Waals surface area contributed by atoms with E-state index >= 15 is 0 Å². The molecular weight excluding hydrogens is 194 g/mol. The number of allylic oxidation sites excluding steroid dienone is 1. The van der Waals surface area contributed by atoms with Crippen LogP contribution in [0.2, 0.25) is 0 Å². The molecule has 1 aliphatic carbocycles. The second-order valence-corrected chi connectivity index (χ2v) is 5.22. The van der Waals surface area contributed by atoms with Crippen LogP contribution in [0.1, 0.15) is 64.2 Å². The predicted octanol–water partition coefficient (Wildman–Crippen LogP) is 4.29. The van der Waals surface area contributed by atoms with Crippen LogP contribution in [0, 0.1) is 5.92 Å². The van der Waals surface area contributed by atoms with Gasteiger partial charge < -0.3 is 5.32 Å². The third-order valence-corrected chi connectivity index (χ3v) is 4.01. The van der Waals surface area contributed by atoms with Crippen molar-refractivity contribution in [2.45, 2.75) is 70.3 Å². The maximum Gasteiger partial charge on any atom is 0.00923 e. The fourth-order valence-electron chi connectivity index (χ4n) is 2.98. The summed E-state index contributed by atoms with van der Waals surface area (Å²) in [6, 6.07) is 0.793. The highest BCUT2D eigenvalue weighted by atomic mass is 14.9. The smallest absolute Gasteiger partial charge is 0.00923 e. The molecule has 16 heavy (non-hydrogen) atoms. The third-order valence-electron chi connectivity index (χ3n) is 4.01. The number of hydrogen-bond acceptors (Lipinski definition) is 1. The molecule has 0 aliphatic heterocycles. The van der Waals surface area contributed by atoms with E-state index < -0.39 is 0 Å². The van der Waals surface area contributed by atoms with Crippen LogP contribution >= 0.6 is 0 Å². The first-order chi connectivity index (χ1) is 7.88. The van der Waals surface area contributed by atoms with Gasteiger partial charge in [0.05, 0.1) is 0 Å². The van der Waals surface area contributed by atoms with Crippen molar-refractivity contribution in [3.05, 3.63) is 12.7 Å². The molecule has 1 heteroatoms. The number of nitrogens with one attached hydrogen (secondary N) is 1. The van der Waals surface area contributed by atoms with Crippen LogP contribution in [0.25, 0.3) is 0 Å². The standard InChI is InChI=1S/C15H29N/c1-3-4-5-6-8-11-14-12-9-7-10-13-15(14)16-2/h3,14-16H,1,4-13H2,2H3. The Bertz CT molecular complexity index is 176. The van der Waals surface area contributed by atoms with Gasteiger partial charge in [0, 0.05) is 6.04 Å². The fraction of sp³-hybridized carbons (Fsp3) is 0.867. The Labute approximate surface area is 102 Å². The average Bonchev–Trinajstić information content (AvgIpc) is 2.53. The van der Waals surface area contributed by atoms with Crippen LogP contribution in [0.15, 0.2) is 12.7 Å². The maximum atomic E-state index is 3.78. The number of hydrogen-bond donors (Lipinski definition) is 1. The van der Waals surface area contributed by atoms with E-state index in [9.17, 15) is 0 Å². The molecule has 2 atom stereocenters. The largest absolute Gasteiger partial charge is 0.317 e. The fourth-order valence-corrected chi connectivity index (χ4v) is 2.98. The summed E-state index contributed by atoms with van der Waals surface area (Å²) in [7, 11) is 2.14. The molecule has 1 rings (SSSR count). The minimum atomic E-state index is 0.793. The van der Waals surface area contributed by atoms with Gasteiger partial charge in [-0.05, 0) is 45.1 Å². The quantitative estimate of drug-likeness (QED) is 0.386. The van der Waals surface area contributed by atoms with Gasteiger partial charge in [-0.15, -0.1) is 6.58 Å². The number of rotatable bonds is 7. The maximum absolute atomic E-state index is 3.78. The Kier molecular flexibility index (Phi) is 7.58. The Morgan fingerprint density at radius 2 is 1.94 bits per heavy atom. The van der Waals surface area contributed by atoms with Crippen LogP contribution in [0.4, 0.5) is 0 Å². The van der Waals surface area contributed by atoms with Crippen LogP contribution < -0.4 is 5.32 Å². The van der Waals surface area contributed by atoms with Gasteiger partial charge in [0.1, 0.15) is 0 Å². The molecule has 0 bridgehead atoms. The molecule has 1 N–H and O–H groups in total. The van der Waals surface area contributed by atoms with Crippen molar-refractivity contribution in [1.29, 1.82) is 0 Å². The van der Waals surface area contributed by atoms with Crippen molar-refractivity contribution in [2.24, 2.45) is 5.92 Å². The van der Waals surface area contributed by atoms with Crippen molar-refractivity contribution in [2.75, 3.05) is 7.05 Å². The molecule has 0 spiro atoms. The third kappa shape index (κ3) is 5.16. The molecule has 0 heterocycles. The molecule has 1 fully saturated rings. The van der Waals surface area contributed by atoms with Gasteiger partial charge in [0.25, 0.3) is 0 Å². The van der Waals surface area contributed by atoms with E-state index in [0.29, 0.717) is 0 Å². The summed E-state index contributed by atoms with van der Waals surface area (Å²) in [5, 5.41) is 3.53. The topological polar surface area (TPSA) is 12.0 Å². The molecule has 0 amide bonds. The average molecular weight is 223 g/mol. The second-order valence-electron chi connectivity index (χ2n) is 5.22. The SMILES string of the molecule is C=CCCCCCC1CCCCCC1NC. The van der Waals surface area contributed by atoms with Crippen LogP contribution in [0.3, 0.4) is 0 Å². The first-order valence-electron chi connectivity index (χ1n) is 7.16.